The number of nitrogens with zero attached hydrogens (tertiary/aromatic N) is 1. The largest absolute Gasteiger partial charge is 0.346 e. The lowest BCUT2D eigenvalue weighted by Crippen LogP contribution is -2.27. The Hall–Kier alpha value is -0.620. The number of hydrogen-bond donors (Lipinski definition) is 1. The van der Waals surface area contributed by atoms with Crippen molar-refractivity contribution in [2.24, 2.45) is 0 Å². The van der Waals surface area contributed by atoms with Crippen molar-refractivity contribution in [1.82, 2.24) is 4.90 Å². The predicted molar refractivity (Wildman–Crippen MR) is 123 cm³/mol. The van der Waals surface area contributed by atoms with E-state index in [4.69, 9.17) is 4.55 Å². The molecule has 1 amide bonds. The fourth-order valence-electron chi connectivity index (χ4n) is 3.60. The van der Waals surface area contributed by atoms with Gasteiger partial charge in [0.1, 0.15) is 0 Å². The Balaban J connectivity index is 3.33. The molecular formula is C23H47NO4S. The van der Waals surface area contributed by atoms with Gasteiger partial charge in [-0.1, -0.05) is 96.8 Å². The molecule has 1 N–H and O–H groups in total. The highest BCUT2D eigenvalue weighted by atomic mass is 32.2. The van der Waals surface area contributed by atoms with E-state index in [9.17, 15) is 13.2 Å². The fourth-order valence-corrected chi connectivity index (χ4v) is 4.17. The van der Waals surface area contributed by atoms with Gasteiger partial charge in [-0.05, 0) is 19.3 Å². The molecule has 0 saturated heterocycles. The van der Waals surface area contributed by atoms with Crippen LogP contribution in [0.3, 0.4) is 0 Å². The molecule has 29 heavy (non-hydrogen) atoms. The highest BCUT2D eigenvalue weighted by Crippen LogP contribution is 2.14. The molecule has 0 aliphatic carbocycles. The fraction of sp³-hybridized carbons (Fsp3) is 0.957. The van der Waals surface area contributed by atoms with E-state index < -0.39 is 10.1 Å². The van der Waals surface area contributed by atoms with Crippen LogP contribution >= 0.6 is 0 Å². The molecular weight excluding hydrogens is 386 g/mol. The van der Waals surface area contributed by atoms with Crippen molar-refractivity contribution < 1.29 is 17.8 Å². The normalized spacial score (nSPS) is 11.7. The SMILES string of the molecule is CCCCCCCCCCCCCCCCCC(=O)N(C)CCCCS(=O)(=O)O. The molecule has 0 aliphatic heterocycles. The summed E-state index contributed by atoms with van der Waals surface area (Å²) in [7, 11) is -2.12. The minimum atomic E-state index is -3.88. The van der Waals surface area contributed by atoms with E-state index in [1.54, 1.807) is 11.9 Å². The monoisotopic (exact) mass is 433 g/mol. The Kier molecular flexibility index (Phi) is 18.9. The number of carbonyl (C=O) groups excluding carboxylic acids is 1. The molecule has 0 saturated carbocycles. The number of amides is 1. The van der Waals surface area contributed by atoms with Crippen molar-refractivity contribution in [3.8, 4) is 0 Å². The predicted octanol–water partition coefficient (Wildman–Crippen LogP) is 6.37. The summed E-state index contributed by atoms with van der Waals surface area (Å²) in [6, 6.07) is 0. The zero-order valence-corrected chi connectivity index (χ0v) is 20.0. The average molecular weight is 434 g/mol. The van der Waals surface area contributed by atoms with Gasteiger partial charge < -0.3 is 4.90 Å². The third kappa shape index (κ3) is 21.9. The molecule has 0 spiro atoms. The van der Waals surface area contributed by atoms with Crippen molar-refractivity contribution in [2.75, 3.05) is 19.3 Å². The standard InChI is InChI=1S/C23H47NO4S/c1-3-4-5-6-7-8-9-10-11-12-13-14-15-16-17-20-23(25)24(2)21-18-19-22-29(26,27)28/h3-22H2,1-2H3,(H,26,27,28). The van der Waals surface area contributed by atoms with Crippen LogP contribution in [-0.4, -0.2) is 43.1 Å². The summed E-state index contributed by atoms with van der Waals surface area (Å²) in [5.41, 5.74) is 0. The zero-order chi connectivity index (χ0) is 21.8. The molecule has 0 unspecified atom stereocenters. The highest BCUT2D eigenvalue weighted by Gasteiger charge is 2.09. The Labute approximate surface area is 180 Å². The molecule has 0 atom stereocenters. The zero-order valence-electron chi connectivity index (χ0n) is 19.2. The Morgan fingerprint density at radius 1 is 0.690 bits per heavy atom. The van der Waals surface area contributed by atoms with Crippen LogP contribution in [-0.2, 0) is 14.9 Å². The smallest absolute Gasteiger partial charge is 0.264 e. The third-order valence-electron chi connectivity index (χ3n) is 5.57. The van der Waals surface area contributed by atoms with E-state index >= 15 is 0 Å². The van der Waals surface area contributed by atoms with Gasteiger partial charge in [0.05, 0.1) is 5.75 Å². The van der Waals surface area contributed by atoms with Gasteiger partial charge in [0, 0.05) is 20.0 Å². The second-order valence-electron chi connectivity index (χ2n) is 8.51. The molecule has 0 radical (unpaired) electrons. The Morgan fingerprint density at radius 2 is 1.10 bits per heavy atom. The summed E-state index contributed by atoms with van der Waals surface area (Å²) < 4.78 is 30.0. The summed E-state index contributed by atoms with van der Waals surface area (Å²) in [6.45, 7) is 2.81. The van der Waals surface area contributed by atoms with Gasteiger partial charge in [0.25, 0.3) is 10.1 Å². The first kappa shape index (κ1) is 28.4. The van der Waals surface area contributed by atoms with Gasteiger partial charge in [-0.3, -0.25) is 9.35 Å². The Bertz CT molecular complexity index is 479. The molecule has 0 aromatic carbocycles. The van der Waals surface area contributed by atoms with Crippen LogP contribution in [0.5, 0.6) is 0 Å². The van der Waals surface area contributed by atoms with Crippen molar-refractivity contribution in [1.29, 1.82) is 0 Å². The number of hydrogen-bond acceptors (Lipinski definition) is 3. The van der Waals surface area contributed by atoms with Crippen LogP contribution in [0, 0.1) is 0 Å². The first-order chi connectivity index (χ1) is 13.9. The van der Waals surface area contributed by atoms with Crippen LogP contribution in [0.1, 0.15) is 122 Å². The van der Waals surface area contributed by atoms with Crippen molar-refractivity contribution >= 4 is 16.0 Å². The molecule has 5 nitrogen and oxygen atoms in total. The maximum Gasteiger partial charge on any atom is 0.264 e. The van der Waals surface area contributed by atoms with Crippen LogP contribution in [0.15, 0.2) is 0 Å². The van der Waals surface area contributed by atoms with E-state index in [1.807, 2.05) is 0 Å². The van der Waals surface area contributed by atoms with Crippen molar-refractivity contribution in [2.45, 2.75) is 122 Å². The maximum absolute atomic E-state index is 12.0. The van der Waals surface area contributed by atoms with Crippen LogP contribution in [0.4, 0.5) is 0 Å². The lowest BCUT2D eigenvalue weighted by Gasteiger charge is -2.16. The topological polar surface area (TPSA) is 74.7 Å². The van der Waals surface area contributed by atoms with E-state index in [0.29, 0.717) is 25.8 Å². The molecule has 6 heteroatoms. The second kappa shape index (κ2) is 19.3. The minimum Gasteiger partial charge on any atom is -0.346 e. The summed E-state index contributed by atoms with van der Waals surface area (Å²) in [5, 5.41) is 0. The van der Waals surface area contributed by atoms with E-state index in [1.165, 1.54) is 83.5 Å². The maximum atomic E-state index is 12.0. The van der Waals surface area contributed by atoms with E-state index in [0.717, 1.165) is 12.8 Å². The summed E-state index contributed by atoms with van der Waals surface area (Å²) in [6.07, 6.45) is 21.3. The number of rotatable bonds is 21. The first-order valence-electron chi connectivity index (χ1n) is 12.1. The second-order valence-corrected chi connectivity index (χ2v) is 10.1. The molecule has 0 aliphatic rings. The van der Waals surface area contributed by atoms with Crippen molar-refractivity contribution in [3.63, 3.8) is 0 Å². The molecule has 0 fully saturated rings. The molecule has 0 aromatic heterocycles. The van der Waals surface area contributed by atoms with Crippen LogP contribution in [0.25, 0.3) is 0 Å². The number of unbranched alkanes of at least 4 members (excludes halogenated alkanes) is 15. The summed E-state index contributed by atoms with van der Waals surface area (Å²) >= 11 is 0. The molecule has 0 heterocycles. The first-order valence-corrected chi connectivity index (χ1v) is 13.7. The van der Waals surface area contributed by atoms with E-state index in [-0.39, 0.29) is 11.7 Å². The molecule has 0 bridgehead atoms. The van der Waals surface area contributed by atoms with E-state index in [2.05, 4.69) is 6.92 Å². The van der Waals surface area contributed by atoms with Gasteiger partial charge in [-0.2, -0.15) is 8.42 Å². The Morgan fingerprint density at radius 3 is 1.52 bits per heavy atom. The molecule has 0 rings (SSSR count). The lowest BCUT2D eigenvalue weighted by atomic mass is 10.0. The van der Waals surface area contributed by atoms with Gasteiger partial charge in [0.15, 0.2) is 0 Å². The summed E-state index contributed by atoms with van der Waals surface area (Å²) in [4.78, 5) is 13.7. The number of carbonyl (C=O) groups is 1. The van der Waals surface area contributed by atoms with Crippen LogP contribution in [0.2, 0.25) is 0 Å². The van der Waals surface area contributed by atoms with Gasteiger partial charge in [-0.25, -0.2) is 0 Å². The quantitative estimate of drug-likeness (QED) is 0.168. The summed E-state index contributed by atoms with van der Waals surface area (Å²) in [5.74, 6) is -0.0970. The van der Waals surface area contributed by atoms with Crippen molar-refractivity contribution in [3.05, 3.63) is 0 Å². The van der Waals surface area contributed by atoms with Gasteiger partial charge >= 0.3 is 0 Å². The molecule has 174 valence electrons. The van der Waals surface area contributed by atoms with Gasteiger partial charge in [0.2, 0.25) is 5.91 Å². The third-order valence-corrected chi connectivity index (χ3v) is 6.37. The molecule has 0 aromatic rings. The van der Waals surface area contributed by atoms with Gasteiger partial charge in [-0.15, -0.1) is 0 Å². The minimum absolute atomic E-state index is 0.131. The highest BCUT2D eigenvalue weighted by molar-refractivity contribution is 7.85. The average Bonchev–Trinajstić information content (AvgIpc) is 2.67. The lowest BCUT2D eigenvalue weighted by molar-refractivity contribution is -0.130. The van der Waals surface area contributed by atoms with Crippen LogP contribution < -0.4 is 0 Å².